The summed E-state index contributed by atoms with van der Waals surface area (Å²) in [5, 5.41) is 13.6. The van der Waals surface area contributed by atoms with E-state index in [1.807, 2.05) is 0 Å². The van der Waals surface area contributed by atoms with Crippen LogP contribution >= 0.6 is 0 Å². The van der Waals surface area contributed by atoms with Crippen molar-refractivity contribution >= 4 is 17.6 Å². The lowest BCUT2D eigenvalue weighted by atomic mass is 10.1. The summed E-state index contributed by atoms with van der Waals surface area (Å²) >= 11 is 0. The first-order chi connectivity index (χ1) is 10.6. The number of nitrogens with zero attached hydrogens (tertiary/aromatic N) is 2. The van der Waals surface area contributed by atoms with Crippen molar-refractivity contribution in [3.05, 3.63) is 33.4 Å². The molecule has 3 amide bonds. The molecule has 0 spiro atoms. The van der Waals surface area contributed by atoms with Crippen LogP contribution in [0, 0.1) is 24.0 Å². The van der Waals surface area contributed by atoms with Gasteiger partial charge < -0.3 is 10.1 Å². The maximum atomic E-state index is 12.1. The van der Waals surface area contributed by atoms with Crippen LogP contribution in [0.3, 0.4) is 0 Å². The Labute approximate surface area is 133 Å². The summed E-state index contributed by atoms with van der Waals surface area (Å²) in [6, 6.07) is 2.57. The van der Waals surface area contributed by atoms with E-state index in [1.165, 1.54) is 6.07 Å². The SMILES string of the molecule is Cc1ccc([N+](=O)[O-])c(C)c1OCCN1C(=O)NC(C)(C)C1=O. The lowest BCUT2D eigenvalue weighted by Crippen LogP contribution is -2.40. The molecule has 0 radical (unpaired) electrons. The minimum absolute atomic E-state index is 0.0262. The molecule has 1 aliphatic heterocycles. The van der Waals surface area contributed by atoms with Crippen LogP contribution in [0.25, 0.3) is 0 Å². The Morgan fingerprint density at radius 1 is 1.30 bits per heavy atom. The Bertz CT molecular complexity index is 684. The Kier molecular flexibility index (Phi) is 4.26. The molecule has 2 rings (SSSR count). The molecule has 0 unspecified atom stereocenters. The molecule has 23 heavy (non-hydrogen) atoms. The molecule has 8 nitrogen and oxygen atoms in total. The Hall–Kier alpha value is -2.64. The highest BCUT2D eigenvalue weighted by molar-refractivity contribution is 6.06. The number of nitro benzene ring substituents is 1. The van der Waals surface area contributed by atoms with Crippen molar-refractivity contribution < 1.29 is 19.2 Å². The van der Waals surface area contributed by atoms with Crippen molar-refractivity contribution in [1.82, 2.24) is 10.2 Å². The number of imide groups is 1. The van der Waals surface area contributed by atoms with Gasteiger partial charge in [-0.1, -0.05) is 0 Å². The predicted molar refractivity (Wildman–Crippen MR) is 82.4 cm³/mol. The first-order valence-corrected chi connectivity index (χ1v) is 7.16. The van der Waals surface area contributed by atoms with Gasteiger partial charge in [0.15, 0.2) is 0 Å². The number of aryl methyl sites for hydroxylation is 1. The molecule has 0 aromatic heterocycles. The van der Waals surface area contributed by atoms with Gasteiger partial charge in [-0.25, -0.2) is 4.79 Å². The molecule has 1 saturated heterocycles. The molecule has 124 valence electrons. The number of carbonyl (C=O) groups excluding carboxylic acids is 2. The molecule has 1 aliphatic rings. The Morgan fingerprint density at radius 2 is 1.96 bits per heavy atom. The fourth-order valence-corrected chi connectivity index (χ4v) is 2.50. The quantitative estimate of drug-likeness (QED) is 0.507. The molecule has 1 aromatic rings. The monoisotopic (exact) mass is 321 g/mol. The van der Waals surface area contributed by atoms with Gasteiger partial charge in [-0.2, -0.15) is 0 Å². The maximum absolute atomic E-state index is 12.1. The number of nitrogens with one attached hydrogen (secondary N) is 1. The third-order valence-electron chi connectivity index (χ3n) is 3.78. The zero-order valence-electron chi connectivity index (χ0n) is 13.5. The number of nitro groups is 1. The predicted octanol–water partition coefficient (Wildman–Crippen LogP) is 1.92. The number of hydrogen-bond acceptors (Lipinski definition) is 5. The second kappa shape index (κ2) is 5.86. The Morgan fingerprint density at radius 3 is 2.48 bits per heavy atom. The second-order valence-corrected chi connectivity index (χ2v) is 5.97. The number of carbonyl (C=O) groups is 2. The van der Waals surface area contributed by atoms with Gasteiger partial charge in [-0.3, -0.25) is 19.8 Å². The fraction of sp³-hybridized carbons (Fsp3) is 0.467. The van der Waals surface area contributed by atoms with Gasteiger partial charge in [0.05, 0.1) is 17.0 Å². The highest BCUT2D eigenvalue weighted by Crippen LogP contribution is 2.30. The second-order valence-electron chi connectivity index (χ2n) is 5.97. The van der Waals surface area contributed by atoms with Crippen molar-refractivity contribution in [1.29, 1.82) is 0 Å². The van der Waals surface area contributed by atoms with E-state index in [0.717, 1.165) is 10.5 Å². The van der Waals surface area contributed by atoms with Crippen molar-refractivity contribution in [2.75, 3.05) is 13.2 Å². The molecule has 1 fully saturated rings. The van der Waals surface area contributed by atoms with E-state index in [1.54, 1.807) is 33.8 Å². The van der Waals surface area contributed by atoms with Gasteiger partial charge in [-0.05, 0) is 39.3 Å². The summed E-state index contributed by atoms with van der Waals surface area (Å²) in [6.07, 6.45) is 0. The van der Waals surface area contributed by atoms with Crippen molar-refractivity contribution in [3.8, 4) is 5.75 Å². The number of rotatable bonds is 5. The van der Waals surface area contributed by atoms with Gasteiger partial charge in [0, 0.05) is 6.07 Å². The summed E-state index contributed by atoms with van der Waals surface area (Å²) in [4.78, 5) is 35.4. The van der Waals surface area contributed by atoms with E-state index in [9.17, 15) is 19.7 Å². The number of amides is 3. The minimum Gasteiger partial charge on any atom is -0.491 e. The van der Waals surface area contributed by atoms with Crippen LogP contribution in [0.4, 0.5) is 10.5 Å². The van der Waals surface area contributed by atoms with Gasteiger partial charge >= 0.3 is 6.03 Å². The third kappa shape index (κ3) is 3.10. The molecule has 0 atom stereocenters. The first-order valence-electron chi connectivity index (χ1n) is 7.16. The smallest absolute Gasteiger partial charge is 0.325 e. The van der Waals surface area contributed by atoms with Crippen molar-refractivity contribution in [3.63, 3.8) is 0 Å². The summed E-state index contributed by atoms with van der Waals surface area (Å²) in [5.41, 5.74) is 0.230. The molecule has 8 heteroatoms. The first kappa shape index (κ1) is 16.7. The van der Waals surface area contributed by atoms with E-state index in [0.29, 0.717) is 11.3 Å². The highest BCUT2D eigenvalue weighted by Gasteiger charge is 2.43. The molecule has 0 aliphatic carbocycles. The average molecular weight is 321 g/mol. The van der Waals surface area contributed by atoms with Crippen LogP contribution in [0.2, 0.25) is 0 Å². The number of benzene rings is 1. The molecule has 1 aromatic carbocycles. The van der Waals surface area contributed by atoms with E-state index in [4.69, 9.17) is 4.74 Å². The molecular formula is C15H19N3O5. The zero-order chi connectivity index (χ0) is 17.4. The van der Waals surface area contributed by atoms with E-state index in [-0.39, 0.29) is 24.7 Å². The van der Waals surface area contributed by atoms with E-state index in [2.05, 4.69) is 5.32 Å². The summed E-state index contributed by atoms with van der Waals surface area (Å²) in [6.45, 7) is 6.79. The van der Waals surface area contributed by atoms with Gasteiger partial charge in [0.2, 0.25) is 0 Å². The highest BCUT2D eigenvalue weighted by atomic mass is 16.6. The maximum Gasteiger partial charge on any atom is 0.325 e. The van der Waals surface area contributed by atoms with Crippen molar-refractivity contribution in [2.45, 2.75) is 33.2 Å². The van der Waals surface area contributed by atoms with Gasteiger partial charge in [-0.15, -0.1) is 0 Å². The minimum atomic E-state index is -0.922. The van der Waals surface area contributed by atoms with Gasteiger partial charge in [0.25, 0.3) is 11.6 Å². The van der Waals surface area contributed by atoms with Crippen LogP contribution in [-0.4, -0.2) is 40.5 Å². The van der Waals surface area contributed by atoms with Crippen LogP contribution in [0.5, 0.6) is 5.75 Å². The Balaban J connectivity index is 2.08. The van der Waals surface area contributed by atoms with Crippen molar-refractivity contribution in [2.24, 2.45) is 0 Å². The lowest BCUT2D eigenvalue weighted by Gasteiger charge is -2.17. The summed E-state index contributed by atoms with van der Waals surface area (Å²) in [5.74, 6) is 0.0871. The lowest BCUT2D eigenvalue weighted by molar-refractivity contribution is -0.385. The number of urea groups is 1. The summed E-state index contributed by atoms with van der Waals surface area (Å²) in [7, 11) is 0. The fourth-order valence-electron chi connectivity index (χ4n) is 2.50. The standard InChI is InChI=1S/C15H19N3O5/c1-9-5-6-11(18(21)22)10(2)12(9)23-8-7-17-13(19)15(3,4)16-14(17)20/h5-6H,7-8H2,1-4H3,(H,16,20). The normalized spacial score (nSPS) is 16.4. The third-order valence-corrected chi connectivity index (χ3v) is 3.78. The van der Waals surface area contributed by atoms with Crippen LogP contribution in [0.15, 0.2) is 12.1 Å². The topological polar surface area (TPSA) is 102 Å². The molecule has 1 heterocycles. The average Bonchev–Trinajstić information content (AvgIpc) is 2.63. The number of ether oxygens (including phenoxy) is 1. The summed E-state index contributed by atoms with van der Waals surface area (Å²) < 4.78 is 5.61. The largest absolute Gasteiger partial charge is 0.491 e. The molecular weight excluding hydrogens is 302 g/mol. The van der Waals surface area contributed by atoms with Crippen LogP contribution in [0.1, 0.15) is 25.0 Å². The molecule has 1 N–H and O–H groups in total. The molecule has 0 bridgehead atoms. The van der Waals surface area contributed by atoms with E-state index < -0.39 is 16.5 Å². The van der Waals surface area contributed by atoms with Crippen LogP contribution < -0.4 is 10.1 Å². The van der Waals surface area contributed by atoms with Crippen LogP contribution in [-0.2, 0) is 4.79 Å². The van der Waals surface area contributed by atoms with E-state index >= 15 is 0 Å². The number of hydrogen-bond donors (Lipinski definition) is 1. The zero-order valence-corrected chi connectivity index (χ0v) is 13.5. The van der Waals surface area contributed by atoms with Gasteiger partial charge in [0.1, 0.15) is 17.9 Å². The molecule has 0 saturated carbocycles.